The maximum atomic E-state index is 11.5. The van der Waals surface area contributed by atoms with Gasteiger partial charge in [-0.1, -0.05) is 18.2 Å². The van der Waals surface area contributed by atoms with Crippen LogP contribution < -0.4 is 5.32 Å². The second-order valence-corrected chi connectivity index (χ2v) is 4.93. The number of thiazole rings is 1. The highest BCUT2D eigenvalue weighted by molar-refractivity contribution is 8.00. The molecule has 0 saturated carbocycles. The van der Waals surface area contributed by atoms with Gasteiger partial charge in [0, 0.05) is 16.5 Å². The molecule has 0 atom stereocenters. The van der Waals surface area contributed by atoms with Gasteiger partial charge in [0.05, 0.1) is 5.75 Å². The van der Waals surface area contributed by atoms with E-state index in [9.17, 15) is 4.79 Å². The summed E-state index contributed by atoms with van der Waals surface area (Å²) in [5, 5.41) is 5.22. The Balaban J connectivity index is 1.80. The SMILES string of the molecule is O=C(CSc1ccccc1)Nc1nccs1. The predicted octanol–water partition coefficient (Wildman–Crippen LogP) is 2.87. The van der Waals surface area contributed by atoms with Crippen LogP contribution in [0.1, 0.15) is 0 Å². The lowest BCUT2D eigenvalue weighted by molar-refractivity contribution is -0.113. The van der Waals surface area contributed by atoms with E-state index in [0.717, 1.165) is 4.90 Å². The van der Waals surface area contributed by atoms with Crippen LogP contribution in [0.5, 0.6) is 0 Å². The number of amides is 1. The summed E-state index contributed by atoms with van der Waals surface area (Å²) in [7, 11) is 0. The molecule has 0 unspecified atom stereocenters. The van der Waals surface area contributed by atoms with Gasteiger partial charge in [0.1, 0.15) is 0 Å². The van der Waals surface area contributed by atoms with Crippen LogP contribution in [0.15, 0.2) is 46.8 Å². The molecule has 3 nitrogen and oxygen atoms in total. The monoisotopic (exact) mass is 250 g/mol. The van der Waals surface area contributed by atoms with Crippen LogP contribution in [-0.4, -0.2) is 16.6 Å². The lowest BCUT2D eigenvalue weighted by Gasteiger charge is -2.01. The number of hydrogen-bond donors (Lipinski definition) is 1. The minimum Gasteiger partial charge on any atom is -0.301 e. The Hall–Kier alpha value is -1.33. The zero-order chi connectivity index (χ0) is 11.2. The van der Waals surface area contributed by atoms with Crippen LogP contribution in [-0.2, 0) is 4.79 Å². The molecule has 5 heteroatoms. The molecule has 16 heavy (non-hydrogen) atoms. The number of carbonyl (C=O) groups excluding carboxylic acids is 1. The van der Waals surface area contributed by atoms with Crippen molar-refractivity contribution in [3.63, 3.8) is 0 Å². The molecule has 0 spiro atoms. The highest BCUT2D eigenvalue weighted by Gasteiger charge is 2.04. The lowest BCUT2D eigenvalue weighted by atomic mass is 10.4. The van der Waals surface area contributed by atoms with Crippen molar-refractivity contribution in [2.24, 2.45) is 0 Å². The van der Waals surface area contributed by atoms with Gasteiger partial charge in [-0.05, 0) is 12.1 Å². The minimum absolute atomic E-state index is 0.0243. The second-order valence-electron chi connectivity index (χ2n) is 2.99. The molecule has 0 radical (unpaired) electrons. The lowest BCUT2D eigenvalue weighted by Crippen LogP contribution is -2.13. The molecule has 1 aromatic carbocycles. The van der Waals surface area contributed by atoms with E-state index in [1.54, 1.807) is 6.20 Å². The van der Waals surface area contributed by atoms with E-state index in [2.05, 4.69) is 10.3 Å². The molecule has 1 amide bonds. The number of nitrogens with one attached hydrogen (secondary N) is 1. The van der Waals surface area contributed by atoms with Crippen LogP contribution in [0.2, 0.25) is 0 Å². The molecule has 0 saturated heterocycles. The van der Waals surface area contributed by atoms with Gasteiger partial charge in [0.25, 0.3) is 0 Å². The summed E-state index contributed by atoms with van der Waals surface area (Å²) in [6, 6.07) is 9.85. The summed E-state index contributed by atoms with van der Waals surface area (Å²) in [5.41, 5.74) is 0. The van der Waals surface area contributed by atoms with Crippen molar-refractivity contribution in [3.8, 4) is 0 Å². The highest BCUT2D eigenvalue weighted by atomic mass is 32.2. The molecule has 2 aromatic rings. The Bertz CT molecular complexity index is 442. The quantitative estimate of drug-likeness (QED) is 0.848. The van der Waals surface area contributed by atoms with Gasteiger partial charge < -0.3 is 5.32 Å². The van der Waals surface area contributed by atoms with E-state index >= 15 is 0 Å². The fourth-order valence-electron chi connectivity index (χ4n) is 1.11. The van der Waals surface area contributed by atoms with Crippen molar-refractivity contribution in [2.75, 3.05) is 11.1 Å². The van der Waals surface area contributed by atoms with Crippen LogP contribution >= 0.6 is 23.1 Å². The Labute approximate surface area is 102 Å². The summed E-state index contributed by atoms with van der Waals surface area (Å²) in [6.07, 6.45) is 1.67. The number of nitrogens with zero attached hydrogens (tertiary/aromatic N) is 1. The van der Waals surface area contributed by atoms with E-state index in [1.165, 1.54) is 23.1 Å². The van der Waals surface area contributed by atoms with Crippen LogP contribution in [0.25, 0.3) is 0 Å². The van der Waals surface area contributed by atoms with Gasteiger partial charge in [-0.2, -0.15) is 0 Å². The van der Waals surface area contributed by atoms with Gasteiger partial charge in [-0.15, -0.1) is 23.1 Å². The number of hydrogen-bond acceptors (Lipinski definition) is 4. The molecular weight excluding hydrogens is 240 g/mol. The maximum Gasteiger partial charge on any atom is 0.236 e. The molecule has 0 fully saturated rings. The molecule has 0 aliphatic rings. The van der Waals surface area contributed by atoms with Crippen LogP contribution in [0.3, 0.4) is 0 Å². The topological polar surface area (TPSA) is 42.0 Å². The van der Waals surface area contributed by atoms with Gasteiger partial charge in [-0.25, -0.2) is 4.98 Å². The summed E-state index contributed by atoms with van der Waals surface area (Å²) in [4.78, 5) is 16.6. The van der Waals surface area contributed by atoms with Crippen molar-refractivity contribution < 1.29 is 4.79 Å². The van der Waals surface area contributed by atoms with Crippen molar-refractivity contribution in [1.29, 1.82) is 0 Å². The zero-order valence-electron chi connectivity index (χ0n) is 8.42. The van der Waals surface area contributed by atoms with Gasteiger partial charge in [-0.3, -0.25) is 4.79 Å². The summed E-state index contributed by atoms with van der Waals surface area (Å²) in [6.45, 7) is 0. The van der Waals surface area contributed by atoms with Crippen LogP contribution in [0.4, 0.5) is 5.13 Å². The van der Waals surface area contributed by atoms with E-state index in [0.29, 0.717) is 10.9 Å². The van der Waals surface area contributed by atoms with Gasteiger partial charge >= 0.3 is 0 Å². The number of anilines is 1. The Morgan fingerprint density at radius 2 is 2.19 bits per heavy atom. The maximum absolute atomic E-state index is 11.5. The zero-order valence-corrected chi connectivity index (χ0v) is 10.1. The van der Waals surface area contributed by atoms with E-state index < -0.39 is 0 Å². The summed E-state index contributed by atoms with van der Waals surface area (Å²) >= 11 is 2.94. The molecule has 0 aliphatic heterocycles. The first-order valence-electron chi connectivity index (χ1n) is 4.72. The summed E-state index contributed by atoms with van der Waals surface area (Å²) in [5.74, 6) is 0.382. The summed E-state index contributed by atoms with van der Waals surface area (Å²) < 4.78 is 0. The highest BCUT2D eigenvalue weighted by Crippen LogP contribution is 2.17. The molecule has 1 aromatic heterocycles. The van der Waals surface area contributed by atoms with Crippen molar-refractivity contribution in [3.05, 3.63) is 41.9 Å². The predicted molar refractivity (Wildman–Crippen MR) is 67.9 cm³/mol. The molecular formula is C11H10N2OS2. The van der Waals surface area contributed by atoms with Crippen molar-refractivity contribution in [1.82, 2.24) is 4.98 Å². The number of thioether (sulfide) groups is 1. The number of aromatic nitrogens is 1. The normalized spacial score (nSPS) is 10.0. The van der Waals surface area contributed by atoms with E-state index in [-0.39, 0.29) is 5.91 Å². The third-order valence-corrected chi connectivity index (χ3v) is 3.49. The van der Waals surface area contributed by atoms with Crippen molar-refractivity contribution in [2.45, 2.75) is 4.90 Å². The molecule has 2 rings (SSSR count). The Kier molecular flexibility index (Phi) is 3.96. The third-order valence-electron chi connectivity index (χ3n) is 1.79. The minimum atomic E-state index is -0.0243. The molecule has 0 bridgehead atoms. The fraction of sp³-hybridized carbons (Fsp3) is 0.0909. The molecule has 82 valence electrons. The van der Waals surface area contributed by atoms with E-state index in [4.69, 9.17) is 0 Å². The second kappa shape index (κ2) is 5.67. The number of rotatable bonds is 4. The first-order valence-corrected chi connectivity index (χ1v) is 6.58. The Morgan fingerprint density at radius 3 is 2.88 bits per heavy atom. The van der Waals surface area contributed by atoms with Gasteiger partial charge in [0.15, 0.2) is 5.13 Å². The average molecular weight is 250 g/mol. The number of benzene rings is 1. The smallest absolute Gasteiger partial charge is 0.236 e. The first-order chi connectivity index (χ1) is 7.84. The standard InChI is InChI=1S/C11H10N2OS2/c14-10(13-11-12-6-7-15-11)8-16-9-4-2-1-3-5-9/h1-7H,8H2,(H,12,13,14). The van der Waals surface area contributed by atoms with Crippen LogP contribution in [0, 0.1) is 0 Å². The fourth-order valence-corrected chi connectivity index (χ4v) is 2.37. The van der Waals surface area contributed by atoms with Gasteiger partial charge in [0.2, 0.25) is 5.91 Å². The molecule has 1 heterocycles. The molecule has 0 aliphatic carbocycles. The van der Waals surface area contributed by atoms with E-state index in [1.807, 2.05) is 35.7 Å². The average Bonchev–Trinajstić information content (AvgIpc) is 2.81. The van der Waals surface area contributed by atoms with Crippen molar-refractivity contribution >= 4 is 34.1 Å². The Morgan fingerprint density at radius 1 is 1.38 bits per heavy atom. The first kappa shape index (κ1) is 11.2. The number of carbonyl (C=O) groups is 1. The molecule has 1 N–H and O–H groups in total. The largest absolute Gasteiger partial charge is 0.301 e. The third kappa shape index (κ3) is 3.36.